The minimum atomic E-state index is -0.645. The second kappa shape index (κ2) is 12.9. The van der Waals surface area contributed by atoms with Gasteiger partial charge >= 0.3 is 0 Å². The van der Waals surface area contributed by atoms with Gasteiger partial charge in [-0.15, -0.1) is 0 Å². The molecule has 3 rings (SSSR count). The molecule has 0 aliphatic carbocycles. The number of halogens is 1. The molecule has 1 aliphatic rings. The molecule has 1 saturated heterocycles. The zero-order valence-corrected chi connectivity index (χ0v) is 21.9. The van der Waals surface area contributed by atoms with E-state index in [1.807, 2.05) is 31.2 Å². The van der Waals surface area contributed by atoms with E-state index >= 15 is 0 Å². The van der Waals surface area contributed by atoms with Crippen LogP contribution in [0.3, 0.4) is 0 Å². The Labute approximate surface area is 214 Å². The van der Waals surface area contributed by atoms with Crippen molar-refractivity contribution < 1.29 is 14.7 Å². The molecule has 0 saturated carbocycles. The molecular formula is C29H37ClN2O3. The van der Waals surface area contributed by atoms with Crippen molar-refractivity contribution in [1.82, 2.24) is 9.80 Å². The van der Waals surface area contributed by atoms with Gasteiger partial charge in [0.1, 0.15) is 5.76 Å². The first-order valence-corrected chi connectivity index (χ1v) is 13.1. The number of aryl methyl sites for hydroxylation is 1. The van der Waals surface area contributed by atoms with Crippen molar-refractivity contribution in [3.05, 3.63) is 75.8 Å². The average molecular weight is 497 g/mol. The second-order valence-electron chi connectivity index (χ2n) is 9.31. The highest BCUT2D eigenvalue weighted by Gasteiger charge is 2.45. The lowest BCUT2D eigenvalue weighted by atomic mass is 9.95. The summed E-state index contributed by atoms with van der Waals surface area (Å²) in [4.78, 5) is 30.4. The number of carbonyl (C=O) groups excluding carboxylic acids is 2. The summed E-state index contributed by atoms with van der Waals surface area (Å²) in [5.74, 6) is -1.34. The van der Waals surface area contributed by atoms with Gasteiger partial charge in [-0.3, -0.25) is 9.59 Å². The number of ketones is 1. The van der Waals surface area contributed by atoms with Gasteiger partial charge in [-0.25, -0.2) is 0 Å². The highest BCUT2D eigenvalue weighted by Crippen LogP contribution is 2.39. The molecule has 6 heteroatoms. The molecule has 2 aromatic carbocycles. The van der Waals surface area contributed by atoms with Gasteiger partial charge in [0.25, 0.3) is 11.7 Å². The van der Waals surface area contributed by atoms with Crippen LogP contribution >= 0.6 is 11.6 Å². The number of amides is 1. The number of nitrogens with zero attached hydrogens (tertiary/aromatic N) is 2. The van der Waals surface area contributed by atoms with Crippen molar-refractivity contribution in [2.75, 3.05) is 26.2 Å². The summed E-state index contributed by atoms with van der Waals surface area (Å²) in [6.07, 6.45) is 5.35. The highest BCUT2D eigenvalue weighted by atomic mass is 35.5. The molecule has 0 spiro atoms. The fourth-order valence-corrected chi connectivity index (χ4v) is 4.66. The first kappa shape index (κ1) is 27.0. The van der Waals surface area contributed by atoms with Gasteiger partial charge in [-0.05, 0) is 63.5 Å². The summed E-state index contributed by atoms with van der Waals surface area (Å²) >= 11 is 6.11. The normalized spacial score (nSPS) is 17.5. The van der Waals surface area contributed by atoms with Crippen LogP contribution in [0.25, 0.3) is 5.76 Å². The number of benzene rings is 2. The minimum absolute atomic E-state index is 0.134. The number of aliphatic hydroxyl groups is 1. The number of rotatable bonds is 12. The Balaban J connectivity index is 1.90. The lowest BCUT2D eigenvalue weighted by Gasteiger charge is -2.27. The van der Waals surface area contributed by atoms with Gasteiger partial charge in [0.2, 0.25) is 0 Å². The molecule has 0 aromatic heterocycles. The van der Waals surface area contributed by atoms with Crippen molar-refractivity contribution >= 4 is 29.1 Å². The quantitative estimate of drug-likeness (QED) is 0.211. The molecule has 1 heterocycles. The van der Waals surface area contributed by atoms with E-state index in [2.05, 4.69) is 18.7 Å². The third kappa shape index (κ3) is 6.74. The van der Waals surface area contributed by atoms with E-state index < -0.39 is 17.7 Å². The zero-order valence-electron chi connectivity index (χ0n) is 21.1. The maximum Gasteiger partial charge on any atom is 0.295 e. The number of unbranched alkanes of at least 4 members (excludes halogenated alkanes) is 2. The van der Waals surface area contributed by atoms with Gasteiger partial charge in [-0.2, -0.15) is 0 Å². The molecule has 1 fully saturated rings. The summed E-state index contributed by atoms with van der Waals surface area (Å²) in [7, 11) is 0. The van der Waals surface area contributed by atoms with E-state index in [1.54, 1.807) is 29.2 Å². The van der Waals surface area contributed by atoms with E-state index in [9.17, 15) is 14.7 Å². The van der Waals surface area contributed by atoms with Crippen LogP contribution in [0.4, 0.5) is 0 Å². The molecule has 1 amide bonds. The van der Waals surface area contributed by atoms with Gasteiger partial charge < -0.3 is 14.9 Å². The van der Waals surface area contributed by atoms with E-state index in [4.69, 9.17) is 11.6 Å². The summed E-state index contributed by atoms with van der Waals surface area (Å²) < 4.78 is 0. The Morgan fingerprint density at radius 2 is 1.49 bits per heavy atom. The summed E-state index contributed by atoms with van der Waals surface area (Å²) in [6, 6.07) is 13.8. The molecule has 1 aliphatic heterocycles. The fraction of sp³-hybridized carbons (Fsp3) is 0.448. The largest absolute Gasteiger partial charge is 0.507 e. The second-order valence-corrected chi connectivity index (χ2v) is 9.75. The molecule has 0 bridgehead atoms. The Hall–Kier alpha value is -2.63. The average Bonchev–Trinajstić information content (AvgIpc) is 3.10. The van der Waals surface area contributed by atoms with Crippen LogP contribution in [0.2, 0.25) is 5.02 Å². The third-order valence-corrected chi connectivity index (χ3v) is 6.83. The Morgan fingerprint density at radius 1 is 0.914 bits per heavy atom. The predicted molar refractivity (Wildman–Crippen MR) is 143 cm³/mol. The molecule has 1 N–H and O–H groups in total. The smallest absolute Gasteiger partial charge is 0.295 e. The minimum Gasteiger partial charge on any atom is -0.507 e. The first-order valence-electron chi connectivity index (χ1n) is 12.7. The van der Waals surface area contributed by atoms with Gasteiger partial charge in [0.05, 0.1) is 11.6 Å². The lowest BCUT2D eigenvalue weighted by molar-refractivity contribution is -0.140. The zero-order chi connectivity index (χ0) is 25.4. The summed E-state index contributed by atoms with van der Waals surface area (Å²) in [6.45, 7) is 9.74. The Morgan fingerprint density at radius 3 is 2.06 bits per heavy atom. The van der Waals surface area contributed by atoms with Gasteiger partial charge in [0.15, 0.2) is 0 Å². The monoisotopic (exact) mass is 496 g/mol. The van der Waals surface area contributed by atoms with Gasteiger partial charge in [-0.1, -0.05) is 80.3 Å². The van der Waals surface area contributed by atoms with Crippen LogP contribution in [-0.2, 0) is 9.59 Å². The molecule has 188 valence electrons. The molecule has 0 radical (unpaired) electrons. The van der Waals surface area contributed by atoms with Crippen molar-refractivity contribution in [3.8, 4) is 0 Å². The maximum atomic E-state index is 13.2. The molecule has 2 aromatic rings. The van der Waals surface area contributed by atoms with Crippen LogP contribution in [0.15, 0.2) is 54.1 Å². The van der Waals surface area contributed by atoms with Crippen molar-refractivity contribution in [2.45, 2.75) is 58.9 Å². The van der Waals surface area contributed by atoms with Crippen LogP contribution in [-0.4, -0.2) is 52.8 Å². The first-order chi connectivity index (χ1) is 16.9. The number of carbonyl (C=O) groups is 2. The number of aliphatic hydroxyl groups excluding tert-OH is 1. The summed E-state index contributed by atoms with van der Waals surface area (Å²) in [5.41, 5.74) is 2.47. The molecule has 1 unspecified atom stereocenters. The molecule has 5 nitrogen and oxygen atoms in total. The van der Waals surface area contributed by atoms with Crippen LogP contribution < -0.4 is 0 Å². The van der Waals surface area contributed by atoms with Crippen molar-refractivity contribution in [3.63, 3.8) is 0 Å². The number of Topliss-reactive ketones (excluding diaryl/α,β-unsaturated/α-hetero) is 1. The van der Waals surface area contributed by atoms with E-state index in [0.29, 0.717) is 17.1 Å². The Kier molecular flexibility index (Phi) is 9.93. The van der Waals surface area contributed by atoms with Crippen molar-refractivity contribution in [2.24, 2.45) is 0 Å². The van der Waals surface area contributed by atoms with E-state index in [1.165, 1.54) is 0 Å². The third-order valence-electron chi connectivity index (χ3n) is 6.58. The number of hydrogen-bond donors (Lipinski definition) is 1. The lowest BCUT2D eigenvalue weighted by Crippen LogP contribution is -2.34. The number of hydrogen-bond acceptors (Lipinski definition) is 4. The topological polar surface area (TPSA) is 60.9 Å². The molecular weight excluding hydrogens is 460 g/mol. The molecule has 1 atom stereocenters. The maximum absolute atomic E-state index is 13.2. The van der Waals surface area contributed by atoms with Crippen LogP contribution in [0.5, 0.6) is 0 Å². The Bertz CT molecular complexity index is 1020. The summed E-state index contributed by atoms with van der Waals surface area (Å²) in [5, 5.41) is 11.7. The van der Waals surface area contributed by atoms with Gasteiger partial charge in [0, 0.05) is 17.1 Å². The van der Waals surface area contributed by atoms with Crippen LogP contribution in [0.1, 0.15) is 68.7 Å². The standard InChI is InChI=1S/C29H37ClN2O3/c1-4-6-17-31(18-7-5-2)19-8-20-32-26(22-13-15-24(30)16-14-22)25(28(34)29(32)35)27(33)23-11-9-21(3)10-12-23/h9-16,26,33H,4-8,17-20H2,1-3H3/b27-25-. The predicted octanol–water partition coefficient (Wildman–Crippen LogP) is 6.36. The van der Waals surface area contributed by atoms with E-state index in [0.717, 1.165) is 62.9 Å². The van der Waals surface area contributed by atoms with Crippen molar-refractivity contribution in [1.29, 1.82) is 0 Å². The number of likely N-dealkylation sites (tertiary alicyclic amines) is 1. The van der Waals surface area contributed by atoms with E-state index in [-0.39, 0.29) is 11.3 Å². The fourth-order valence-electron chi connectivity index (χ4n) is 4.53. The highest BCUT2D eigenvalue weighted by molar-refractivity contribution is 6.46. The SMILES string of the molecule is CCCCN(CCCC)CCCN1C(=O)C(=O)/C(=C(\O)c2ccc(C)cc2)C1c1ccc(Cl)cc1. The molecule has 35 heavy (non-hydrogen) atoms. The van der Waals surface area contributed by atoms with Crippen LogP contribution in [0, 0.1) is 6.92 Å².